The lowest BCUT2D eigenvalue weighted by molar-refractivity contribution is -0.137. The molecule has 0 saturated heterocycles. The number of hydrogen-bond acceptors (Lipinski definition) is 6. The zero-order valence-electron chi connectivity index (χ0n) is 19.9. The average molecular weight is 502 g/mol. The molecule has 0 amide bonds. The van der Waals surface area contributed by atoms with Crippen LogP contribution in [0.1, 0.15) is 56.4 Å². The molecule has 0 fully saturated rings. The van der Waals surface area contributed by atoms with E-state index in [9.17, 15) is 23.2 Å². The molecule has 1 aliphatic heterocycles. The van der Waals surface area contributed by atoms with E-state index in [1.165, 1.54) is 34.9 Å². The van der Waals surface area contributed by atoms with Crippen LogP contribution in [0.15, 0.2) is 62.5 Å². The van der Waals surface area contributed by atoms with Crippen molar-refractivity contribution >= 4 is 23.2 Å². The number of Topliss-reactive ketones (excluding diaryl/α,β-unsaturated/α-hetero) is 1. The molecule has 1 atom stereocenters. The normalized spacial score (nSPS) is 20.2. The van der Waals surface area contributed by atoms with Gasteiger partial charge in [-0.05, 0) is 42.7 Å². The van der Waals surface area contributed by atoms with Crippen molar-refractivity contribution in [2.45, 2.75) is 57.7 Å². The van der Waals surface area contributed by atoms with Crippen molar-refractivity contribution in [1.29, 1.82) is 5.26 Å². The van der Waals surface area contributed by atoms with Crippen molar-refractivity contribution in [3.05, 3.63) is 69.9 Å². The van der Waals surface area contributed by atoms with Crippen LogP contribution < -0.4 is 10.6 Å². The SMILES string of the molecule is CCSc1oc(C)cc1C1C(C#N)=C(N)N(c2ccccc2C(F)(F)F)C2=C1C(=O)CC(C)(C)C2. The standard InChI is InChI=1S/C26H26F3N3O2S/c1-5-35-24-15(10-14(2)34-24)21-16(13-30)23(31)32(18-9-7-6-8-17(18)26(27,28)29)19-11-25(3,4)12-20(33)22(19)21/h6-10,21H,5,11-12,31H2,1-4H3. The summed E-state index contributed by atoms with van der Waals surface area (Å²) >= 11 is 1.44. The summed E-state index contributed by atoms with van der Waals surface area (Å²) in [5, 5.41) is 10.8. The van der Waals surface area contributed by atoms with E-state index < -0.39 is 23.1 Å². The Bertz CT molecular complexity index is 1300. The minimum atomic E-state index is -4.65. The van der Waals surface area contributed by atoms with E-state index in [1.807, 2.05) is 20.8 Å². The first-order chi connectivity index (χ1) is 16.4. The summed E-state index contributed by atoms with van der Waals surface area (Å²) in [6, 6.07) is 8.98. The van der Waals surface area contributed by atoms with Gasteiger partial charge in [0, 0.05) is 23.3 Å². The van der Waals surface area contributed by atoms with E-state index in [0.717, 1.165) is 6.07 Å². The van der Waals surface area contributed by atoms with Crippen molar-refractivity contribution in [1.82, 2.24) is 0 Å². The van der Waals surface area contributed by atoms with Gasteiger partial charge in [-0.25, -0.2) is 0 Å². The molecule has 9 heteroatoms. The number of allylic oxidation sites excluding steroid dienone is 3. The van der Waals surface area contributed by atoms with Crippen LogP contribution >= 0.6 is 11.8 Å². The van der Waals surface area contributed by atoms with E-state index in [-0.39, 0.29) is 29.3 Å². The van der Waals surface area contributed by atoms with Crippen molar-refractivity contribution < 1.29 is 22.4 Å². The summed E-state index contributed by atoms with van der Waals surface area (Å²) < 4.78 is 47.9. The third-order valence-corrected chi connectivity index (χ3v) is 7.14. The fourth-order valence-electron chi connectivity index (χ4n) is 4.96. The second-order valence-electron chi connectivity index (χ2n) is 9.53. The van der Waals surface area contributed by atoms with E-state index >= 15 is 0 Å². The molecule has 4 rings (SSSR count). The van der Waals surface area contributed by atoms with Gasteiger partial charge >= 0.3 is 6.18 Å². The van der Waals surface area contributed by atoms with Gasteiger partial charge in [0.25, 0.3) is 0 Å². The summed E-state index contributed by atoms with van der Waals surface area (Å²) in [7, 11) is 0. The number of halogens is 3. The Balaban J connectivity index is 2.05. The number of furan rings is 1. The largest absolute Gasteiger partial charge is 0.455 e. The number of benzene rings is 1. The molecule has 184 valence electrons. The predicted octanol–water partition coefficient (Wildman–Crippen LogP) is 6.66. The van der Waals surface area contributed by atoms with Crippen molar-refractivity contribution in [3.8, 4) is 6.07 Å². The Kier molecular flexibility index (Phi) is 6.30. The van der Waals surface area contributed by atoms with Gasteiger partial charge in [-0.2, -0.15) is 18.4 Å². The maximum Gasteiger partial charge on any atom is 0.418 e. The number of para-hydroxylation sites is 1. The Labute approximate surface area is 206 Å². The van der Waals surface area contributed by atoms with Gasteiger partial charge in [0.15, 0.2) is 10.9 Å². The minimum absolute atomic E-state index is 0.0348. The fourth-order valence-corrected chi connectivity index (χ4v) is 5.76. The fraction of sp³-hybridized carbons (Fsp3) is 0.385. The second kappa shape index (κ2) is 8.83. The molecule has 1 aromatic heterocycles. The van der Waals surface area contributed by atoms with Gasteiger partial charge in [0.2, 0.25) is 0 Å². The molecule has 0 radical (unpaired) electrons. The predicted molar refractivity (Wildman–Crippen MR) is 128 cm³/mol. The molecule has 2 N–H and O–H groups in total. The highest BCUT2D eigenvalue weighted by Gasteiger charge is 2.47. The van der Waals surface area contributed by atoms with Crippen LogP contribution in [-0.2, 0) is 11.0 Å². The first kappa shape index (κ1) is 25.0. The number of aryl methyl sites for hydroxylation is 1. The molecule has 5 nitrogen and oxygen atoms in total. The van der Waals surface area contributed by atoms with Crippen LogP contribution in [0.2, 0.25) is 0 Å². The van der Waals surface area contributed by atoms with Crippen LogP contribution in [0.5, 0.6) is 0 Å². The minimum Gasteiger partial charge on any atom is -0.455 e. The second-order valence-corrected chi connectivity index (χ2v) is 10.8. The highest BCUT2D eigenvalue weighted by Crippen LogP contribution is 2.53. The zero-order chi connectivity index (χ0) is 25.7. The van der Waals surface area contributed by atoms with Crippen LogP contribution in [0.4, 0.5) is 18.9 Å². The summed E-state index contributed by atoms with van der Waals surface area (Å²) in [5.41, 5.74) is 6.31. The number of carbonyl (C=O) groups is 1. The number of nitrogens with two attached hydrogens (primary N) is 1. The molecule has 35 heavy (non-hydrogen) atoms. The summed E-state index contributed by atoms with van der Waals surface area (Å²) in [4.78, 5) is 14.9. The van der Waals surface area contributed by atoms with E-state index in [2.05, 4.69) is 6.07 Å². The highest BCUT2D eigenvalue weighted by molar-refractivity contribution is 7.99. The molecule has 0 spiro atoms. The van der Waals surface area contributed by atoms with Gasteiger partial charge in [0.1, 0.15) is 11.6 Å². The van der Waals surface area contributed by atoms with Crippen LogP contribution in [0, 0.1) is 23.7 Å². The number of ketones is 1. The number of anilines is 1. The molecular formula is C26H26F3N3O2S. The van der Waals surface area contributed by atoms with Crippen molar-refractivity contribution in [2.24, 2.45) is 11.1 Å². The summed E-state index contributed by atoms with van der Waals surface area (Å²) in [6.07, 6.45) is -4.12. The monoisotopic (exact) mass is 501 g/mol. The molecule has 2 aliphatic rings. The molecule has 1 aliphatic carbocycles. The third-order valence-electron chi connectivity index (χ3n) is 6.27. The molecule has 0 bridgehead atoms. The topological polar surface area (TPSA) is 83.3 Å². The van der Waals surface area contributed by atoms with Crippen LogP contribution in [0.3, 0.4) is 0 Å². The van der Waals surface area contributed by atoms with Gasteiger partial charge in [-0.3, -0.25) is 9.69 Å². The molecule has 2 heterocycles. The number of nitrogens with zero attached hydrogens (tertiary/aromatic N) is 2. The Hall–Kier alpha value is -3.12. The molecular weight excluding hydrogens is 475 g/mol. The van der Waals surface area contributed by atoms with Crippen molar-refractivity contribution in [3.63, 3.8) is 0 Å². The van der Waals surface area contributed by atoms with Gasteiger partial charge in [0.05, 0.1) is 28.8 Å². The molecule has 0 saturated carbocycles. The van der Waals surface area contributed by atoms with Gasteiger partial charge in [-0.15, -0.1) is 0 Å². The lowest BCUT2D eigenvalue weighted by Crippen LogP contribution is -2.42. The lowest BCUT2D eigenvalue weighted by atomic mass is 9.69. The van der Waals surface area contributed by atoms with E-state index in [4.69, 9.17) is 10.2 Å². The smallest absolute Gasteiger partial charge is 0.418 e. The molecule has 2 aromatic rings. The highest BCUT2D eigenvalue weighted by atomic mass is 32.2. The van der Waals surface area contributed by atoms with Crippen LogP contribution in [-0.4, -0.2) is 11.5 Å². The average Bonchev–Trinajstić information content (AvgIpc) is 3.11. The number of thioether (sulfide) groups is 1. The molecule has 1 aromatic carbocycles. The lowest BCUT2D eigenvalue weighted by Gasteiger charge is -2.44. The Morgan fingerprint density at radius 1 is 1.29 bits per heavy atom. The van der Waals surface area contributed by atoms with Gasteiger partial charge < -0.3 is 10.2 Å². The number of alkyl halides is 3. The number of hydrogen-bond donors (Lipinski definition) is 1. The maximum atomic E-state index is 14.0. The Morgan fingerprint density at radius 2 is 1.97 bits per heavy atom. The first-order valence-corrected chi connectivity index (χ1v) is 12.2. The summed E-state index contributed by atoms with van der Waals surface area (Å²) in [6.45, 7) is 7.53. The first-order valence-electron chi connectivity index (χ1n) is 11.2. The third kappa shape index (κ3) is 4.36. The van der Waals surface area contributed by atoms with E-state index in [1.54, 1.807) is 13.0 Å². The van der Waals surface area contributed by atoms with Crippen molar-refractivity contribution in [2.75, 3.05) is 10.7 Å². The quantitative estimate of drug-likeness (QED) is 0.472. The number of rotatable bonds is 4. The van der Waals surface area contributed by atoms with E-state index in [0.29, 0.717) is 39.9 Å². The zero-order valence-corrected chi connectivity index (χ0v) is 20.7. The number of carbonyl (C=O) groups excluding carboxylic acids is 1. The van der Waals surface area contributed by atoms with Crippen LogP contribution in [0.25, 0.3) is 0 Å². The maximum absolute atomic E-state index is 14.0. The Morgan fingerprint density at radius 3 is 2.60 bits per heavy atom. The summed E-state index contributed by atoms with van der Waals surface area (Å²) in [5.74, 6) is 0.194. The van der Waals surface area contributed by atoms with Gasteiger partial charge in [-0.1, -0.05) is 44.7 Å². The number of nitriles is 1. The molecule has 1 unspecified atom stereocenters.